The number of rotatable bonds is 2. The number of benzene rings is 1. The molecule has 72 valence electrons. The zero-order chi connectivity index (χ0) is 10.4. The summed E-state index contributed by atoms with van der Waals surface area (Å²) in [5.74, 6) is 5.89. The van der Waals surface area contributed by atoms with E-state index in [1.54, 1.807) is 0 Å². The molecule has 0 aliphatic rings. The van der Waals surface area contributed by atoms with Crippen LogP contribution in [0, 0.1) is 25.7 Å². The molecule has 0 aliphatic heterocycles. The van der Waals surface area contributed by atoms with Crippen molar-refractivity contribution >= 4 is 6.08 Å². The van der Waals surface area contributed by atoms with Gasteiger partial charge >= 0.3 is 0 Å². The Morgan fingerprint density at radius 1 is 1.29 bits per heavy atom. The van der Waals surface area contributed by atoms with Crippen molar-refractivity contribution in [3.05, 3.63) is 41.0 Å². The van der Waals surface area contributed by atoms with Crippen LogP contribution in [0.2, 0.25) is 0 Å². The molecule has 0 spiro atoms. The van der Waals surface area contributed by atoms with E-state index >= 15 is 0 Å². The lowest BCUT2D eigenvalue weighted by Gasteiger charge is -2.00. The lowest BCUT2D eigenvalue weighted by atomic mass is 10.1. The van der Waals surface area contributed by atoms with Crippen LogP contribution < -0.4 is 0 Å². The molecule has 0 saturated carbocycles. The molecule has 0 aromatic heterocycles. The van der Waals surface area contributed by atoms with Gasteiger partial charge in [-0.2, -0.15) is 0 Å². The molecule has 0 heterocycles. The van der Waals surface area contributed by atoms with E-state index in [0.717, 1.165) is 6.42 Å². The minimum Gasteiger partial charge on any atom is -0.106 e. The average Bonchev–Trinajstić information content (AvgIpc) is 2.15. The van der Waals surface area contributed by atoms with Crippen molar-refractivity contribution < 1.29 is 0 Å². The third kappa shape index (κ3) is 3.11. The van der Waals surface area contributed by atoms with Gasteiger partial charge in [-0.15, -0.1) is 5.92 Å². The number of allylic oxidation sites excluding steroid dienone is 1. The molecule has 0 saturated heterocycles. The first-order chi connectivity index (χ1) is 6.74. The standard InChI is InChI=1S/C14H16/c1-4-5-6-7-8-14-10-9-12(2)11-13(14)3/h7-11H,6H2,1-3H3/b8-7-. The molecule has 0 aliphatic carbocycles. The monoisotopic (exact) mass is 184 g/mol. The van der Waals surface area contributed by atoms with Crippen LogP contribution in [0.3, 0.4) is 0 Å². The fourth-order valence-electron chi connectivity index (χ4n) is 1.36. The summed E-state index contributed by atoms with van der Waals surface area (Å²) in [4.78, 5) is 0. The lowest BCUT2D eigenvalue weighted by molar-refractivity contribution is 1.36. The second kappa shape index (κ2) is 5.29. The van der Waals surface area contributed by atoms with Crippen LogP contribution in [0.15, 0.2) is 24.3 Å². The van der Waals surface area contributed by atoms with Crippen LogP contribution >= 0.6 is 0 Å². The van der Waals surface area contributed by atoms with E-state index in [4.69, 9.17) is 0 Å². The summed E-state index contributed by atoms with van der Waals surface area (Å²) in [6.07, 6.45) is 5.08. The first-order valence-corrected chi connectivity index (χ1v) is 4.87. The second-order valence-corrected chi connectivity index (χ2v) is 3.39. The van der Waals surface area contributed by atoms with Crippen molar-refractivity contribution in [2.75, 3.05) is 0 Å². The fraction of sp³-hybridized carbons (Fsp3) is 0.286. The summed E-state index contributed by atoms with van der Waals surface area (Å²) >= 11 is 0. The summed E-state index contributed by atoms with van der Waals surface area (Å²) in [5.41, 5.74) is 3.92. The third-order valence-corrected chi connectivity index (χ3v) is 2.12. The van der Waals surface area contributed by atoms with Crippen molar-refractivity contribution in [3.8, 4) is 11.8 Å². The quantitative estimate of drug-likeness (QED) is 0.614. The Morgan fingerprint density at radius 2 is 2.07 bits per heavy atom. The molecule has 0 amide bonds. The van der Waals surface area contributed by atoms with E-state index in [1.165, 1.54) is 16.7 Å². The van der Waals surface area contributed by atoms with Gasteiger partial charge in [0.05, 0.1) is 0 Å². The van der Waals surface area contributed by atoms with Gasteiger partial charge in [0, 0.05) is 6.42 Å². The largest absolute Gasteiger partial charge is 0.106 e. The highest BCUT2D eigenvalue weighted by atomic mass is 14.0. The summed E-state index contributed by atoms with van der Waals surface area (Å²) in [6, 6.07) is 6.49. The maximum Gasteiger partial charge on any atom is 0.0272 e. The number of aryl methyl sites for hydroxylation is 2. The minimum atomic E-state index is 0.837. The highest BCUT2D eigenvalue weighted by molar-refractivity contribution is 5.54. The van der Waals surface area contributed by atoms with Gasteiger partial charge in [0.2, 0.25) is 0 Å². The molecule has 0 heteroatoms. The van der Waals surface area contributed by atoms with Crippen LogP contribution in [0.25, 0.3) is 6.08 Å². The van der Waals surface area contributed by atoms with Gasteiger partial charge in [-0.05, 0) is 31.9 Å². The highest BCUT2D eigenvalue weighted by Gasteiger charge is 1.92. The topological polar surface area (TPSA) is 0 Å². The molecule has 1 aromatic rings. The Labute approximate surface area is 86.7 Å². The second-order valence-electron chi connectivity index (χ2n) is 3.39. The fourth-order valence-corrected chi connectivity index (χ4v) is 1.36. The van der Waals surface area contributed by atoms with E-state index in [1.807, 2.05) is 6.92 Å². The van der Waals surface area contributed by atoms with E-state index in [0.29, 0.717) is 0 Å². The molecule has 0 atom stereocenters. The van der Waals surface area contributed by atoms with Gasteiger partial charge in [0.15, 0.2) is 0 Å². The molecule has 0 N–H and O–H groups in total. The zero-order valence-electron chi connectivity index (χ0n) is 9.09. The molecule has 0 fully saturated rings. The van der Waals surface area contributed by atoms with Gasteiger partial charge in [0.1, 0.15) is 0 Å². The maximum absolute atomic E-state index is 3.01. The predicted molar refractivity (Wildman–Crippen MR) is 63.0 cm³/mol. The molecule has 1 rings (SSSR count). The molecule has 0 nitrogen and oxygen atoms in total. The Hall–Kier alpha value is -1.48. The average molecular weight is 184 g/mol. The van der Waals surface area contributed by atoms with E-state index in [9.17, 15) is 0 Å². The lowest BCUT2D eigenvalue weighted by Crippen LogP contribution is -1.81. The smallest absolute Gasteiger partial charge is 0.0272 e. The van der Waals surface area contributed by atoms with Crippen molar-refractivity contribution in [1.82, 2.24) is 0 Å². The molecule has 0 unspecified atom stereocenters. The molecule has 14 heavy (non-hydrogen) atoms. The maximum atomic E-state index is 3.01. The molecule has 0 radical (unpaired) electrons. The first-order valence-electron chi connectivity index (χ1n) is 4.87. The van der Waals surface area contributed by atoms with Crippen LogP contribution in [0.5, 0.6) is 0 Å². The van der Waals surface area contributed by atoms with Crippen molar-refractivity contribution in [3.63, 3.8) is 0 Å². The van der Waals surface area contributed by atoms with Crippen LogP contribution in [-0.4, -0.2) is 0 Å². The van der Waals surface area contributed by atoms with E-state index < -0.39 is 0 Å². The number of hydrogen-bond acceptors (Lipinski definition) is 0. The van der Waals surface area contributed by atoms with Gasteiger partial charge in [0.25, 0.3) is 0 Å². The van der Waals surface area contributed by atoms with Crippen molar-refractivity contribution in [2.24, 2.45) is 0 Å². The Kier molecular flexibility index (Phi) is 4.01. The number of hydrogen-bond donors (Lipinski definition) is 0. The van der Waals surface area contributed by atoms with Gasteiger partial charge in [-0.3, -0.25) is 0 Å². The highest BCUT2D eigenvalue weighted by Crippen LogP contribution is 2.12. The van der Waals surface area contributed by atoms with Gasteiger partial charge in [-0.1, -0.05) is 41.8 Å². The molecular formula is C14H16. The minimum absolute atomic E-state index is 0.837. The zero-order valence-corrected chi connectivity index (χ0v) is 9.09. The molecular weight excluding hydrogens is 168 g/mol. The van der Waals surface area contributed by atoms with Crippen LogP contribution in [0.4, 0.5) is 0 Å². The van der Waals surface area contributed by atoms with Gasteiger partial charge < -0.3 is 0 Å². The SMILES string of the molecule is CC#CC/C=C\c1ccc(C)cc1C. The summed E-state index contributed by atoms with van der Waals surface area (Å²) in [7, 11) is 0. The summed E-state index contributed by atoms with van der Waals surface area (Å²) in [6.45, 7) is 6.12. The Bertz CT molecular complexity index is 386. The molecule has 0 bridgehead atoms. The van der Waals surface area contributed by atoms with E-state index in [-0.39, 0.29) is 0 Å². The first kappa shape index (κ1) is 10.6. The normalized spacial score (nSPS) is 9.93. The summed E-state index contributed by atoms with van der Waals surface area (Å²) < 4.78 is 0. The molecule has 1 aromatic carbocycles. The third-order valence-electron chi connectivity index (χ3n) is 2.12. The summed E-state index contributed by atoms with van der Waals surface area (Å²) in [5, 5.41) is 0. The van der Waals surface area contributed by atoms with Crippen LogP contribution in [0.1, 0.15) is 30.0 Å². The van der Waals surface area contributed by atoms with Crippen LogP contribution in [-0.2, 0) is 0 Å². The predicted octanol–water partition coefficient (Wildman–Crippen LogP) is 3.73. The Morgan fingerprint density at radius 3 is 2.71 bits per heavy atom. The Balaban J connectivity index is 2.75. The van der Waals surface area contributed by atoms with Crippen molar-refractivity contribution in [2.45, 2.75) is 27.2 Å². The van der Waals surface area contributed by atoms with Gasteiger partial charge in [-0.25, -0.2) is 0 Å². The van der Waals surface area contributed by atoms with E-state index in [2.05, 4.69) is 56.0 Å². The van der Waals surface area contributed by atoms with Crippen molar-refractivity contribution in [1.29, 1.82) is 0 Å².